The van der Waals surface area contributed by atoms with Gasteiger partial charge in [0.15, 0.2) is 6.10 Å². The summed E-state index contributed by atoms with van der Waals surface area (Å²) < 4.78 is 16.6. The van der Waals surface area contributed by atoms with Gasteiger partial charge in [-0.3, -0.25) is 14.4 Å². The van der Waals surface area contributed by atoms with Gasteiger partial charge in [-0.05, 0) is 44.4 Å². The maximum Gasteiger partial charge on any atom is 0.405 e. The van der Waals surface area contributed by atoms with Crippen LogP contribution in [0, 0.1) is 11.8 Å². The maximum absolute atomic E-state index is 13.6. The van der Waals surface area contributed by atoms with E-state index in [1.54, 1.807) is 43.8 Å². The molecule has 2 rings (SSSR count). The molecule has 12 heteroatoms. The number of hydrogen-bond donors (Lipinski definition) is 4. The van der Waals surface area contributed by atoms with Gasteiger partial charge in [0.1, 0.15) is 6.10 Å². The molecule has 11 nitrogen and oxygen atoms in total. The van der Waals surface area contributed by atoms with Crippen molar-refractivity contribution in [1.29, 1.82) is 0 Å². The largest absolute Gasteiger partial charge is 0.439 e. The third-order valence-electron chi connectivity index (χ3n) is 7.40. The third kappa shape index (κ3) is 10.2. The molecule has 2 aliphatic rings. The molecule has 0 unspecified atom stereocenters. The van der Waals surface area contributed by atoms with Crippen molar-refractivity contribution in [3.63, 3.8) is 0 Å². The van der Waals surface area contributed by atoms with E-state index < -0.39 is 53.9 Å². The minimum Gasteiger partial charge on any atom is -0.439 e. The fourth-order valence-corrected chi connectivity index (χ4v) is 5.36. The molecule has 2 bridgehead atoms. The molecular formula is C31H45N3O8S. The van der Waals surface area contributed by atoms with Crippen LogP contribution in [0.4, 0.5) is 4.79 Å². The van der Waals surface area contributed by atoms with Crippen LogP contribution in [0.15, 0.2) is 58.5 Å². The van der Waals surface area contributed by atoms with Crippen molar-refractivity contribution >= 4 is 35.3 Å². The van der Waals surface area contributed by atoms with Crippen molar-refractivity contribution in [2.45, 2.75) is 65.0 Å². The zero-order chi connectivity index (χ0) is 32.3. The molecule has 1 heterocycles. The van der Waals surface area contributed by atoms with Crippen LogP contribution in [0.3, 0.4) is 0 Å². The summed E-state index contributed by atoms with van der Waals surface area (Å²) in [7, 11) is 2.94. The van der Waals surface area contributed by atoms with E-state index in [4.69, 9.17) is 19.9 Å². The molecule has 43 heavy (non-hydrogen) atoms. The number of methoxy groups -OCH3 is 2. The predicted octanol–water partition coefficient (Wildman–Crippen LogP) is 2.71. The second kappa shape index (κ2) is 17.2. The number of primary amides is 1. The molecule has 238 valence electrons. The SMILES string of the molecule is CO[C@H]1/C=C/C=C(/C)C(=O)NC2=CC(=O)C(NCCSC)=C(C[C@@H](C)C[C@H](OC)[C@H](O)[C@@H](C)/C=C(\C)[C@@H]1OC(N)=O)C2=O. The molecular weight excluding hydrogens is 574 g/mol. The number of Topliss-reactive ketones (excluding diaryl/α,β-unsaturated/α-hetero) is 1. The Morgan fingerprint density at radius 3 is 2.49 bits per heavy atom. The van der Waals surface area contributed by atoms with Crippen molar-refractivity contribution < 1.29 is 38.5 Å². The van der Waals surface area contributed by atoms with Gasteiger partial charge in [0, 0.05) is 49.7 Å². The second-order valence-corrected chi connectivity index (χ2v) is 11.8. The summed E-state index contributed by atoms with van der Waals surface area (Å²) in [5.41, 5.74) is 6.59. The van der Waals surface area contributed by atoms with E-state index in [0.717, 1.165) is 11.8 Å². The van der Waals surface area contributed by atoms with Gasteiger partial charge in [-0.2, -0.15) is 11.8 Å². The molecule has 0 saturated heterocycles. The molecule has 1 aliphatic carbocycles. The Bertz CT molecular complexity index is 1210. The van der Waals surface area contributed by atoms with E-state index >= 15 is 0 Å². The average Bonchev–Trinajstić information content (AvgIpc) is 2.95. The minimum atomic E-state index is -0.996. The number of nitrogens with one attached hydrogen (secondary N) is 2. The number of carbonyl (C=O) groups is 4. The lowest BCUT2D eigenvalue weighted by Crippen LogP contribution is -2.38. The van der Waals surface area contributed by atoms with Crippen molar-refractivity contribution in [1.82, 2.24) is 10.6 Å². The molecule has 1 aliphatic heterocycles. The summed E-state index contributed by atoms with van der Waals surface area (Å²) in [5.74, 6) is -1.29. The summed E-state index contributed by atoms with van der Waals surface area (Å²) >= 11 is 1.60. The molecule has 5 N–H and O–H groups in total. The smallest absolute Gasteiger partial charge is 0.405 e. The molecule has 0 saturated carbocycles. The van der Waals surface area contributed by atoms with Gasteiger partial charge in [-0.25, -0.2) is 4.79 Å². The average molecular weight is 620 g/mol. The van der Waals surface area contributed by atoms with Gasteiger partial charge in [0.25, 0.3) is 5.91 Å². The second-order valence-electron chi connectivity index (χ2n) is 10.9. The Balaban J connectivity index is 2.61. The molecule has 0 spiro atoms. The fourth-order valence-electron chi connectivity index (χ4n) is 5.06. The van der Waals surface area contributed by atoms with Crippen molar-refractivity contribution in [3.8, 4) is 0 Å². The number of nitrogens with two attached hydrogens (primary N) is 1. The van der Waals surface area contributed by atoms with E-state index in [-0.39, 0.29) is 34.9 Å². The number of ether oxygens (including phenoxy) is 3. The van der Waals surface area contributed by atoms with E-state index in [1.807, 2.05) is 20.1 Å². The van der Waals surface area contributed by atoms with E-state index in [1.165, 1.54) is 20.3 Å². The van der Waals surface area contributed by atoms with E-state index in [9.17, 15) is 24.3 Å². The van der Waals surface area contributed by atoms with Crippen LogP contribution in [-0.2, 0) is 28.6 Å². The minimum absolute atomic E-state index is 0.108. The quantitative estimate of drug-likeness (QED) is 0.189. The summed E-state index contributed by atoms with van der Waals surface area (Å²) in [4.78, 5) is 51.5. The molecule has 0 aromatic carbocycles. The highest BCUT2D eigenvalue weighted by molar-refractivity contribution is 7.98. The first-order chi connectivity index (χ1) is 20.3. The van der Waals surface area contributed by atoms with Gasteiger partial charge < -0.3 is 35.7 Å². The number of fused-ring (bicyclic) bond motifs is 2. The van der Waals surface area contributed by atoms with Crippen LogP contribution in [0.5, 0.6) is 0 Å². The topological polar surface area (TPSA) is 166 Å². The standard InChI is InChI=1S/C31H45N3O8S/c1-17-13-21-26(33-11-12-43-7)23(35)16-22(28(21)37)34-30(38)18(2)9-8-10-24(40-5)29(42-31(32)39)20(4)15-19(3)27(36)25(14-17)41-6/h8-10,15-17,19,24-25,27,29,33,36H,11-14H2,1-7H3,(H2,32,39)(H,34,38)/b10-8+,18-9-,20-15+/t17-,19+,24+,25+,27-,29+/m1/s1. The van der Waals surface area contributed by atoms with Crippen LogP contribution in [0.2, 0.25) is 0 Å². The summed E-state index contributed by atoms with van der Waals surface area (Å²) in [6.45, 7) is 7.51. The summed E-state index contributed by atoms with van der Waals surface area (Å²) in [5, 5.41) is 17.0. The van der Waals surface area contributed by atoms with Crippen LogP contribution in [0.1, 0.15) is 40.5 Å². The van der Waals surface area contributed by atoms with E-state index in [2.05, 4.69) is 10.6 Å². The Labute approximate surface area is 258 Å². The Hall–Kier alpha value is -3.19. The Kier molecular flexibility index (Phi) is 14.4. The molecule has 2 amide bonds. The van der Waals surface area contributed by atoms with Gasteiger partial charge in [-0.15, -0.1) is 0 Å². The van der Waals surface area contributed by atoms with Crippen molar-refractivity contribution in [2.75, 3.05) is 32.8 Å². The zero-order valence-electron chi connectivity index (χ0n) is 26.0. The maximum atomic E-state index is 13.6. The number of aliphatic hydroxyl groups excluding tert-OH is 1. The van der Waals surface area contributed by atoms with Crippen molar-refractivity contribution in [2.24, 2.45) is 17.6 Å². The number of allylic oxidation sites excluding steroid dienone is 4. The number of ketones is 2. The highest BCUT2D eigenvalue weighted by Gasteiger charge is 2.33. The number of rotatable bonds is 7. The normalized spacial score (nSPS) is 31.3. The van der Waals surface area contributed by atoms with E-state index in [0.29, 0.717) is 18.5 Å². The first-order valence-electron chi connectivity index (χ1n) is 14.2. The van der Waals surface area contributed by atoms with Gasteiger partial charge >= 0.3 is 6.09 Å². The lowest BCUT2D eigenvalue weighted by molar-refractivity contribution is -0.120. The summed E-state index contributed by atoms with van der Waals surface area (Å²) in [6.07, 6.45) is 5.87. The fraction of sp³-hybridized carbons (Fsp3) is 0.548. The van der Waals surface area contributed by atoms with Gasteiger partial charge in [0.2, 0.25) is 11.6 Å². The Morgan fingerprint density at radius 2 is 1.88 bits per heavy atom. The highest BCUT2D eigenvalue weighted by atomic mass is 32.2. The lowest BCUT2D eigenvalue weighted by atomic mass is 9.85. The number of aliphatic hydroxyl groups is 1. The zero-order valence-corrected chi connectivity index (χ0v) is 26.8. The predicted molar refractivity (Wildman–Crippen MR) is 166 cm³/mol. The highest BCUT2D eigenvalue weighted by Crippen LogP contribution is 2.28. The molecule has 0 radical (unpaired) electrons. The van der Waals surface area contributed by atoms with Crippen LogP contribution < -0.4 is 16.4 Å². The van der Waals surface area contributed by atoms with Crippen LogP contribution in [-0.4, -0.2) is 85.9 Å². The van der Waals surface area contributed by atoms with Crippen molar-refractivity contribution in [3.05, 3.63) is 58.5 Å². The lowest BCUT2D eigenvalue weighted by Gasteiger charge is -2.30. The third-order valence-corrected chi connectivity index (χ3v) is 8.01. The number of carbonyl (C=O) groups excluding carboxylic acids is 4. The number of hydrogen-bond acceptors (Lipinski definition) is 10. The molecule has 6 atom stereocenters. The molecule has 0 aromatic heterocycles. The first-order valence-corrected chi connectivity index (χ1v) is 15.5. The van der Waals surface area contributed by atoms with Crippen LogP contribution in [0.25, 0.3) is 0 Å². The monoisotopic (exact) mass is 619 g/mol. The van der Waals surface area contributed by atoms with Gasteiger partial charge in [-0.1, -0.05) is 38.2 Å². The molecule has 0 fully saturated rings. The summed E-state index contributed by atoms with van der Waals surface area (Å²) in [6, 6.07) is 0. The first kappa shape index (κ1) is 36.0. The molecule has 0 aromatic rings. The number of thioether (sulfide) groups is 1. The van der Waals surface area contributed by atoms with Gasteiger partial charge in [0.05, 0.1) is 23.6 Å². The number of amides is 2. The Morgan fingerprint density at radius 1 is 1.19 bits per heavy atom. The van der Waals surface area contributed by atoms with Crippen LogP contribution >= 0.6 is 11.8 Å².